The largest absolute Gasteiger partial charge is 0.311 e. The lowest BCUT2D eigenvalue weighted by Gasteiger charge is -2.27. The van der Waals surface area contributed by atoms with Crippen molar-refractivity contribution in [2.75, 3.05) is 26.2 Å². The first-order valence-corrected chi connectivity index (χ1v) is 8.31. The van der Waals surface area contributed by atoms with Crippen molar-refractivity contribution in [1.29, 1.82) is 0 Å². The van der Waals surface area contributed by atoms with E-state index in [2.05, 4.69) is 49.4 Å². The third-order valence-electron chi connectivity index (χ3n) is 4.36. The number of nitrogens with one attached hydrogen (secondary N) is 1. The molecule has 1 aromatic heterocycles. The number of rotatable bonds is 5. The lowest BCUT2D eigenvalue weighted by atomic mass is 9.80. The zero-order valence-electron chi connectivity index (χ0n) is 12.8. The first-order chi connectivity index (χ1) is 8.97. The number of thiophene rings is 1. The first-order valence-electron chi connectivity index (χ1n) is 7.43. The first kappa shape index (κ1) is 15.0. The van der Waals surface area contributed by atoms with Crippen LogP contribution in [-0.4, -0.2) is 31.1 Å². The average Bonchev–Trinajstić information content (AvgIpc) is 2.93. The molecule has 0 aromatic carbocycles. The van der Waals surface area contributed by atoms with Crippen LogP contribution in [0.5, 0.6) is 0 Å². The standard InChI is InChI=1S/C16H28N2S/c1-13-6-10-19-15(13)11-17-7-9-18-8-5-14(12-18)16(2,3)4/h6,10,14,17H,5,7-9,11-12H2,1-4H3. The van der Waals surface area contributed by atoms with Crippen LogP contribution in [0.4, 0.5) is 0 Å². The van der Waals surface area contributed by atoms with Gasteiger partial charge in [0.15, 0.2) is 0 Å². The minimum Gasteiger partial charge on any atom is -0.311 e. The number of likely N-dealkylation sites (tertiary alicyclic amines) is 1. The lowest BCUT2D eigenvalue weighted by molar-refractivity contribution is 0.229. The molecule has 0 bridgehead atoms. The van der Waals surface area contributed by atoms with Crippen LogP contribution in [0.3, 0.4) is 0 Å². The van der Waals surface area contributed by atoms with Crippen molar-refractivity contribution in [3.8, 4) is 0 Å². The van der Waals surface area contributed by atoms with Crippen molar-refractivity contribution in [2.24, 2.45) is 11.3 Å². The van der Waals surface area contributed by atoms with E-state index >= 15 is 0 Å². The molecule has 2 rings (SSSR count). The summed E-state index contributed by atoms with van der Waals surface area (Å²) in [6.07, 6.45) is 1.37. The minimum absolute atomic E-state index is 0.469. The maximum absolute atomic E-state index is 3.58. The molecule has 0 radical (unpaired) electrons. The second-order valence-corrected chi connectivity index (χ2v) is 7.86. The third kappa shape index (κ3) is 4.30. The topological polar surface area (TPSA) is 15.3 Å². The molecular weight excluding hydrogens is 252 g/mol. The predicted octanol–water partition coefficient (Wildman–Crippen LogP) is 3.51. The Bertz CT molecular complexity index is 392. The molecule has 2 nitrogen and oxygen atoms in total. The maximum Gasteiger partial charge on any atom is 0.0302 e. The molecule has 1 saturated heterocycles. The maximum atomic E-state index is 3.58. The van der Waals surface area contributed by atoms with Crippen molar-refractivity contribution < 1.29 is 0 Å². The van der Waals surface area contributed by atoms with E-state index in [-0.39, 0.29) is 0 Å². The van der Waals surface area contributed by atoms with Gasteiger partial charge in [0.1, 0.15) is 0 Å². The van der Waals surface area contributed by atoms with E-state index < -0.39 is 0 Å². The summed E-state index contributed by atoms with van der Waals surface area (Å²) in [5.74, 6) is 0.868. The zero-order valence-corrected chi connectivity index (χ0v) is 13.6. The Balaban J connectivity index is 1.64. The van der Waals surface area contributed by atoms with E-state index in [4.69, 9.17) is 0 Å². The summed E-state index contributed by atoms with van der Waals surface area (Å²) in [6, 6.07) is 2.20. The van der Waals surface area contributed by atoms with E-state index in [0.717, 1.165) is 19.0 Å². The predicted molar refractivity (Wildman–Crippen MR) is 84.8 cm³/mol. The molecule has 1 aromatic rings. The summed E-state index contributed by atoms with van der Waals surface area (Å²) in [7, 11) is 0. The van der Waals surface area contributed by atoms with Crippen LogP contribution in [0.1, 0.15) is 37.6 Å². The van der Waals surface area contributed by atoms with Gasteiger partial charge in [-0.3, -0.25) is 0 Å². The monoisotopic (exact) mass is 280 g/mol. The second kappa shape index (κ2) is 6.38. The van der Waals surface area contributed by atoms with Crippen LogP contribution in [0, 0.1) is 18.3 Å². The van der Waals surface area contributed by atoms with Crippen molar-refractivity contribution in [2.45, 2.75) is 40.7 Å². The average molecular weight is 280 g/mol. The molecule has 19 heavy (non-hydrogen) atoms. The fourth-order valence-corrected chi connectivity index (χ4v) is 3.64. The fraction of sp³-hybridized carbons (Fsp3) is 0.750. The van der Waals surface area contributed by atoms with Crippen LogP contribution in [0.15, 0.2) is 11.4 Å². The van der Waals surface area contributed by atoms with E-state index in [1.807, 2.05) is 11.3 Å². The summed E-state index contributed by atoms with van der Waals surface area (Å²) in [5.41, 5.74) is 1.89. The van der Waals surface area contributed by atoms with Crippen LogP contribution in [0.2, 0.25) is 0 Å². The van der Waals surface area contributed by atoms with Gasteiger partial charge < -0.3 is 10.2 Å². The van der Waals surface area contributed by atoms with Gasteiger partial charge in [0.25, 0.3) is 0 Å². The number of hydrogen-bond acceptors (Lipinski definition) is 3. The summed E-state index contributed by atoms with van der Waals surface area (Å²) in [6.45, 7) is 15.2. The lowest BCUT2D eigenvalue weighted by Crippen LogP contribution is -2.32. The molecule has 0 amide bonds. The highest BCUT2D eigenvalue weighted by Gasteiger charge is 2.31. The molecule has 1 aliphatic rings. The Labute approximate surface area is 122 Å². The quantitative estimate of drug-likeness (QED) is 0.830. The highest BCUT2D eigenvalue weighted by Crippen LogP contribution is 2.33. The van der Waals surface area contributed by atoms with Crippen molar-refractivity contribution >= 4 is 11.3 Å². The Kier molecular flexibility index (Phi) is 5.04. The van der Waals surface area contributed by atoms with Crippen LogP contribution in [0.25, 0.3) is 0 Å². The molecule has 1 aliphatic heterocycles. The van der Waals surface area contributed by atoms with Gasteiger partial charge in [-0.1, -0.05) is 20.8 Å². The highest BCUT2D eigenvalue weighted by molar-refractivity contribution is 7.10. The third-order valence-corrected chi connectivity index (χ3v) is 5.38. The smallest absolute Gasteiger partial charge is 0.0302 e. The zero-order chi connectivity index (χ0) is 13.9. The number of aryl methyl sites for hydroxylation is 1. The molecule has 0 saturated carbocycles. The van der Waals surface area contributed by atoms with E-state index in [1.165, 1.54) is 36.5 Å². The molecule has 0 aliphatic carbocycles. The summed E-state index contributed by atoms with van der Waals surface area (Å²) < 4.78 is 0. The van der Waals surface area contributed by atoms with E-state index in [9.17, 15) is 0 Å². The summed E-state index contributed by atoms with van der Waals surface area (Å²) >= 11 is 1.86. The van der Waals surface area contributed by atoms with Gasteiger partial charge in [-0.2, -0.15) is 0 Å². The van der Waals surface area contributed by atoms with Crippen molar-refractivity contribution in [3.63, 3.8) is 0 Å². The molecular formula is C16H28N2S. The molecule has 2 heterocycles. The van der Waals surface area contributed by atoms with Crippen LogP contribution in [-0.2, 0) is 6.54 Å². The Hall–Kier alpha value is -0.380. The van der Waals surface area contributed by atoms with Gasteiger partial charge in [-0.15, -0.1) is 11.3 Å². The van der Waals surface area contributed by atoms with Gasteiger partial charge in [-0.05, 0) is 48.2 Å². The molecule has 3 heteroatoms. The molecule has 1 N–H and O–H groups in total. The van der Waals surface area contributed by atoms with Crippen molar-refractivity contribution in [3.05, 3.63) is 21.9 Å². The van der Waals surface area contributed by atoms with E-state index in [0.29, 0.717) is 5.41 Å². The minimum atomic E-state index is 0.469. The fourth-order valence-electron chi connectivity index (χ4n) is 2.77. The van der Waals surface area contributed by atoms with Gasteiger partial charge >= 0.3 is 0 Å². The SMILES string of the molecule is Cc1ccsc1CNCCN1CCC(C(C)(C)C)C1. The normalized spacial score (nSPS) is 21.2. The van der Waals surface area contributed by atoms with Crippen molar-refractivity contribution in [1.82, 2.24) is 10.2 Å². The highest BCUT2D eigenvalue weighted by atomic mass is 32.1. The Morgan fingerprint density at radius 1 is 1.42 bits per heavy atom. The van der Waals surface area contributed by atoms with Gasteiger partial charge in [-0.25, -0.2) is 0 Å². The molecule has 1 fully saturated rings. The Morgan fingerprint density at radius 3 is 2.79 bits per heavy atom. The van der Waals surface area contributed by atoms with Gasteiger partial charge in [0, 0.05) is 31.1 Å². The second-order valence-electron chi connectivity index (χ2n) is 6.86. The van der Waals surface area contributed by atoms with Crippen LogP contribution < -0.4 is 5.32 Å². The number of hydrogen-bond donors (Lipinski definition) is 1. The molecule has 0 spiro atoms. The summed E-state index contributed by atoms with van der Waals surface area (Å²) in [5, 5.41) is 5.76. The molecule has 1 atom stereocenters. The van der Waals surface area contributed by atoms with Crippen LogP contribution >= 0.6 is 11.3 Å². The molecule has 1 unspecified atom stereocenters. The number of nitrogens with zero attached hydrogens (tertiary/aromatic N) is 1. The van der Waals surface area contributed by atoms with Gasteiger partial charge in [0.2, 0.25) is 0 Å². The van der Waals surface area contributed by atoms with E-state index in [1.54, 1.807) is 0 Å². The molecule has 108 valence electrons. The summed E-state index contributed by atoms with van der Waals surface area (Å²) in [4.78, 5) is 4.10. The van der Waals surface area contributed by atoms with Gasteiger partial charge in [0.05, 0.1) is 0 Å². The Morgan fingerprint density at radius 2 is 2.21 bits per heavy atom.